The molecule has 61 heavy (non-hydrogen) atoms. The van der Waals surface area contributed by atoms with Crippen LogP contribution in [-0.2, 0) is 37.8 Å². The van der Waals surface area contributed by atoms with Crippen LogP contribution < -0.4 is 16.0 Å². The second-order valence-electron chi connectivity index (χ2n) is 14.4. The summed E-state index contributed by atoms with van der Waals surface area (Å²) in [6.45, 7) is -2.03. The Balaban J connectivity index is 1.31. The highest BCUT2D eigenvalue weighted by atomic mass is 19.4. The summed E-state index contributed by atoms with van der Waals surface area (Å²) < 4.78 is 98.0. The molecule has 4 aromatic carbocycles. The van der Waals surface area contributed by atoms with E-state index >= 15 is 0 Å². The highest BCUT2D eigenvalue weighted by Gasteiger charge is 2.50. The van der Waals surface area contributed by atoms with Crippen molar-refractivity contribution in [3.8, 4) is 11.1 Å². The number of amides is 3. The van der Waals surface area contributed by atoms with Crippen molar-refractivity contribution in [3.63, 3.8) is 0 Å². The first-order valence-electron chi connectivity index (χ1n) is 18.9. The molecule has 3 amide bonds. The van der Waals surface area contributed by atoms with E-state index in [2.05, 4.69) is 16.0 Å². The van der Waals surface area contributed by atoms with Gasteiger partial charge in [0.15, 0.2) is 6.29 Å². The number of carbonyl (C=O) groups excluding carboxylic acids is 3. The van der Waals surface area contributed by atoms with Crippen molar-refractivity contribution in [2.75, 3.05) is 19.8 Å². The molecule has 0 aliphatic carbocycles. The lowest BCUT2D eigenvalue weighted by molar-refractivity contribution is -0.293. The number of rotatable bonds is 12. The van der Waals surface area contributed by atoms with Crippen molar-refractivity contribution >= 4 is 17.7 Å². The largest absolute Gasteiger partial charge is 0.416 e. The number of nitrogens with one attached hydrogen (secondary N) is 3. The monoisotopic (exact) mass is 861 g/mol. The van der Waals surface area contributed by atoms with Crippen LogP contribution in [0.4, 0.5) is 26.3 Å². The zero-order valence-electron chi connectivity index (χ0n) is 31.8. The normalized spacial score (nSPS) is 25.6. The predicted octanol–water partition coefficient (Wildman–Crippen LogP) is 3.23. The molecule has 19 heteroatoms. The molecule has 4 aromatic rings. The fourth-order valence-corrected chi connectivity index (χ4v) is 7.04. The summed E-state index contributed by atoms with van der Waals surface area (Å²) in [6.07, 6.45) is -19.9. The van der Waals surface area contributed by atoms with E-state index < -0.39 is 128 Å². The molecule has 0 radical (unpaired) electrons. The summed E-state index contributed by atoms with van der Waals surface area (Å²) in [7, 11) is 0. The molecule has 0 bridgehead atoms. The first-order chi connectivity index (χ1) is 29.0. The number of ether oxygens (including phenoxy) is 3. The number of aliphatic hydroxyl groups is 4. The highest BCUT2D eigenvalue weighted by molar-refractivity contribution is 5.95. The average molecular weight is 862 g/mol. The molecule has 9 atom stereocenters. The van der Waals surface area contributed by atoms with E-state index in [-0.39, 0.29) is 11.1 Å². The van der Waals surface area contributed by atoms with Gasteiger partial charge in [0.2, 0.25) is 5.91 Å². The summed E-state index contributed by atoms with van der Waals surface area (Å²) in [6, 6.07) is 18.4. The molecule has 326 valence electrons. The SMILES string of the molecule is O=C(Cc1ccc(C(F)(F)F)cc1)N[C@H]1CO[C@H](CO)[C@H](NC(=O)c2ccc(-c3ccccc3)cc2)[C@@H]1O[C@@H]1O[C@H](CO)[C@@H](O)[C@H](O)[C@H]1NC(=O)c1cccc(C(F)(F)F)c1. The van der Waals surface area contributed by atoms with Crippen LogP contribution in [0.15, 0.2) is 103 Å². The maximum absolute atomic E-state index is 13.8. The summed E-state index contributed by atoms with van der Waals surface area (Å²) in [5.41, 5.74) is -0.609. The van der Waals surface area contributed by atoms with E-state index in [0.717, 1.165) is 53.6 Å². The van der Waals surface area contributed by atoms with Crippen LogP contribution in [0.3, 0.4) is 0 Å². The van der Waals surface area contributed by atoms with Gasteiger partial charge in [0.05, 0.1) is 49.5 Å². The van der Waals surface area contributed by atoms with Gasteiger partial charge in [-0.1, -0.05) is 60.7 Å². The molecule has 6 rings (SSSR count). The number of aliphatic hydroxyl groups excluding tert-OH is 4. The Morgan fingerprint density at radius 1 is 0.656 bits per heavy atom. The molecule has 2 heterocycles. The third-order valence-corrected chi connectivity index (χ3v) is 10.3. The van der Waals surface area contributed by atoms with Gasteiger partial charge >= 0.3 is 12.4 Å². The second kappa shape index (κ2) is 19.1. The van der Waals surface area contributed by atoms with Gasteiger partial charge in [-0.3, -0.25) is 14.4 Å². The van der Waals surface area contributed by atoms with Gasteiger partial charge in [-0.15, -0.1) is 0 Å². The Labute approximate surface area is 344 Å². The van der Waals surface area contributed by atoms with Crippen molar-refractivity contribution in [2.24, 2.45) is 0 Å². The van der Waals surface area contributed by atoms with Crippen LogP contribution >= 0.6 is 0 Å². The molecule has 7 N–H and O–H groups in total. The van der Waals surface area contributed by atoms with Crippen LogP contribution in [0, 0.1) is 0 Å². The van der Waals surface area contributed by atoms with Crippen LogP contribution in [0.25, 0.3) is 11.1 Å². The van der Waals surface area contributed by atoms with E-state index in [0.29, 0.717) is 6.07 Å². The molecular weight excluding hydrogens is 820 g/mol. The minimum Gasteiger partial charge on any atom is -0.394 e. The molecule has 0 unspecified atom stereocenters. The quantitative estimate of drug-likeness (QED) is 0.104. The predicted molar refractivity (Wildman–Crippen MR) is 202 cm³/mol. The minimum atomic E-state index is -4.82. The Morgan fingerprint density at radius 2 is 1.26 bits per heavy atom. The fraction of sp³-hybridized carbons (Fsp3) is 0.357. The average Bonchev–Trinajstić information content (AvgIpc) is 3.24. The van der Waals surface area contributed by atoms with E-state index in [1.165, 1.54) is 12.1 Å². The number of alkyl halides is 6. The van der Waals surface area contributed by atoms with Crippen LogP contribution in [0.1, 0.15) is 37.4 Å². The first-order valence-corrected chi connectivity index (χ1v) is 18.9. The van der Waals surface area contributed by atoms with Crippen LogP contribution in [0.2, 0.25) is 0 Å². The number of hydrogen-bond acceptors (Lipinski definition) is 10. The van der Waals surface area contributed by atoms with Crippen molar-refractivity contribution in [1.82, 2.24) is 16.0 Å². The number of benzene rings is 4. The van der Waals surface area contributed by atoms with Crippen molar-refractivity contribution in [2.45, 2.75) is 73.7 Å². The summed E-state index contributed by atoms with van der Waals surface area (Å²) in [4.78, 5) is 40.7. The number of halogens is 6. The Kier molecular flexibility index (Phi) is 14.1. The van der Waals surface area contributed by atoms with Gasteiger partial charge in [-0.2, -0.15) is 26.3 Å². The van der Waals surface area contributed by atoms with Gasteiger partial charge in [0.25, 0.3) is 11.8 Å². The molecule has 2 aliphatic rings. The first kappa shape index (κ1) is 45.1. The lowest BCUT2D eigenvalue weighted by Gasteiger charge is -2.47. The lowest BCUT2D eigenvalue weighted by atomic mass is 9.93. The Morgan fingerprint density at radius 3 is 1.89 bits per heavy atom. The summed E-state index contributed by atoms with van der Waals surface area (Å²) in [5, 5.41) is 50.2. The van der Waals surface area contributed by atoms with Gasteiger partial charge in [0, 0.05) is 11.1 Å². The molecule has 0 aromatic heterocycles. The third kappa shape index (κ3) is 10.9. The smallest absolute Gasteiger partial charge is 0.394 e. The lowest BCUT2D eigenvalue weighted by Crippen LogP contribution is -2.70. The van der Waals surface area contributed by atoms with Crippen molar-refractivity contribution in [3.05, 3.63) is 131 Å². The number of carbonyl (C=O) groups is 3. The third-order valence-electron chi connectivity index (χ3n) is 10.3. The van der Waals surface area contributed by atoms with Crippen molar-refractivity contribution < 1.29 is 75.4 Å². The second-order valence-corrected chi connectivity index (χ2v) is 14.4. The molecule has 13 nitrogen and oxygen atoms in total. The van der Waals surface area contributed by atoms with Crippen LogP contribution in [-0.4, -0.2) is 113 Å². The van der Waals surface area contributed by atoms with E-state index in [1.807, 2.05) is 30.3 Å². The molecule has 2 fully saturated rings. The molecule has 0 spiro atoms. The van der Waals surface area contributed by atoms with E-state index in [4.69, 9.17) is 14.2 Å². The Hall–Kier alpha value is -5.41. The summed E-state index contributed by atoms with van der Waals surface area (Å²) >= 11 is 0. The van der Waals surface area contributed by atoms with Gasteiger partial charge in [-0.05, 0) is 59.2 Å². The molecular formula is C42H41F6N3O10. The van der Waals surface area contributed by atoms with E-state index in [9.17, 15) is 61.2 Å². The van der Waals surface area contributed by atoms with Crippen molar-refractivity contribution in [1.29, 1.82) is 0 Å². The van der Waals surface area contributed by atoms with E-state index in [1.54, 1.807) is 12.1 Å². The maximum Gasteiger partial charge on any atom is 0.416 e. The number of hydrogen-bond donors (Lipinski definition) is 7. The van der Waals surface area contributed by atoms with Gasteiger partial charge < -0.3 is 50.6 Å². The maximum atomic E-state index is 13.8. The zero-order chi connectivity index (χ0) is 44.1. The van der Waals surface area contributed by atoms with Gasteiger partial charge in [-0.25, -0.2) is 0 Å². The highest BCUT2D eigenvalue weighted by Crippen LogP contribution is 2.32. The zero-order valence-corrected chi connectivity index (χ0v) is 31.8. The minimum absolute atomic E-state index is 0.141. The standard InChI is InChI=1S/C42H41F6N3O10/c43-41(44,45)27-15-9-22(10-16-27)17-32(54)49-29-21-59-30(19-52)33(50-38(57)25-13-11-24(12-14-25)23-5-2-1-3-6-23)37(29)61-40-34(36(56)35(55)31(20-53)60-40)51-39(58)26-7-4-8-28(18-26)42(46,47)48/h1-16,18,29-31,33-37,40,52-53,55-56H,17,19-21H2,(H,49,54)(H,50,57)(H,51,58)/t29-,30+,31+,33-,34+,35+,36+,37+,40-/m0/s1. The molecule has 2 saturated heterocycles. The fourth-order valence-electron chi connectivity index (χ4n) is 7.04. The van der Waals surface area contributed by atoms with Crippen LogP contribution in [0.5, 0.6) is 0 Å². The topological polar surface area (TPSA) is 196 Å². The summed E-state index contributed by atoms with van der Waals surface area (Å²) in [5.74, 6) is -2.62. The molecule has 2 aliphatic heterocycles. The molecule has 0 saturated carbocycles. The van der Waals surface area contributed by atoms with Gasteiger partial charge in [0.1, 0.15) is 36.6 Å². The Bertz CT molecular complexity index is 2130.